The van der Waals surface area contributed by atoms with E-state index in [0.717, 1.165) is 12.0 Å². The van der Waals surface area contributed by atoms with Crippen LogP contribution in [0.5, 0.6) is 5.75 Å². The van der Waals surface area contributed by atoms with E-state index < -0.39 is 12.1 Å². The van der Waals surface area contributed by atoms with Gasteiger partial charge < -0.3 is 15.2 Å². The molecule has 1 amide bonds. The maximum absolute atomic E-state index is 12.1. The van der Waals surface area contributed by atoms with Crippen molar-refractivity contribution in [1.29, 1.82) is 0 Å². The highest BCUT2D eigenvalue weighted by Crippen LogP contribution is 2.21. The molecule has 0 radical (unpaired) electrons. The molecule has 0 aliphatic carbocycles. The van der Waals surface area contributed by atoms with Gasteiger partial charge >= 0.3 is 5.97 Å². The van der Waals surface area contributed by atoms with Crippen LogP contribution in [-0.2, 0) is 4.79 Å². The van der Waals surface area contributed by atoms with Crippen LogP contribution in [0.3, 0.4) is 0 Å². The third-order valence-electron chi connectivity index (χ3n) is 3.45. The molecule has 5 nitrogen and oxygen atoms in total. The number of carboxylic acids is 1. The second-order valence-corrected chi connectivity index (χ2v) is 5.77. The highest BCUT2D eigenvalue weighted by Gasteiger charge is 2.23. The number of carboxylic acid groups (broad SMARTS) is 1. The van der Waals surface area contributed by atoms with Crippen molar-refractivity contribution in [2.24, 2.45) is 0 Å². The molecule has 0 saturated carbocycles. The molecular weight excluding hydrogens is 270 g/mol. The van der Waals surface area contributed by atoms with Gasteiger partial charge in [-0.2, -0.15) is 0 Å². The summed E-state index contributed by atoms with van der Waals surface area (Å²) in [5, 5.41) is 11.9. The van der Waals surface area contributed by atoms with E-state index in [4.69, 9.17) is 9.84 Å². The topological polar surface area (TPSA) is 75.6 Å². The lowest BCUT2D eigenvalue weighted by molar-refractivity contribution is -0.129. The molecule has 0 spiro atoms. The fraction of sp³-hybridized carbons (Fsp3) is 0.500. The lowest BCUT2D eigenvalue weighted by Crippen LogP contribution is -2.48. The molecule has 5 heteroatoms. The second-order valence-electron chi connectivity index (χ2n) is 5.77. The van der Waals surface area contributed by atoms with Crippen LogP contribution in [0.4, 0.5) is 0 Å². The van der Waals surface area contributed by atoms with Gasteiger partial charge in [0.05, 0.1) is 5.56 Å². The number of nitrogens with one attached hydrogen (secondary N) is 1. The van der Waals surface area contributed by atoms with E-state index in [1.165, 1.54) is 12.1 Å². The minimum atomic E-state index is -1.02. The third kappa shape index (κ3) is 4.77. The normalized spacial score (nSPS) is 12.6. The molecule has 116 valence electrons. The van der Waals surface area contributed by atoms with Crippen LogP contribution in [0, 0.1) is 6.92 Å². The number of rotatable bonds is 6. The zero-order valence-electron chi connectivity index (χ0n) is 13.2. The Bertz CT molecular complexity index is 537. The second kappa shape index (κ2) is 6.61. The van der Waals surface area contributed by atoms with Gasteiger partial charge in [0.1, 0.15) is 5.75 Å². The van der Waals surface area contributed by atoms with Crippen molar-refractivity contribution < 1.29 is 19.4 Å². The first-order valence-electron chi connectivity index (χ1n) is 6.99. The van der Waals surface area contributed by atoms with Crippen LogP contribution in [0.1, 0.15) is 50.0 Å². The van der Waals surface area contributed by atoms with Gasteiger partial charge in [-0.15, -0.1) is 0 Å². The number of hydrogen-bond acceptors (Lipinski definition) is 3. The monoisotopic (exact) mass is 293 g/mol. The van der Waals surface area contributed by atoms with Crippen LogP contribution in [0.25, 0.3) is 0 Å². The smallest absolute Gasteiger partial charge is 0.335 e. The van der Waals surface area contributed by atoms with Crippen molar-refractivity contribution in [2.45, 2.75) is 52.7 Å². The van der Waals surface area contributed by atoms with Crippen LogP contribution in [0.15, 0.2) is 18.2 Å². The zero-order valence-corrected chi connectivity index (χ0v) is 13.2. The van der Waals surface area contributed by atoms with Gasteiger partial charge in [0.2, 0.25) is 0 Å². The number of aromatic carboxylic acids is 1. The summed E-state index contributed by atoms with van der Waals surface area (Å²) >= 11 is 0. The first-order chi connectivity index (χ1) is 9.66. The first-order valence-corrected chi connectivity index (χ1v) is 6.99. The average molecular weight is 293 g/mol. The summed E-state index contributed by atoms with van der Waals surface area (Å²) in [4.78, 5) is 23.1. The SMILES string of the molecule is CCC(C)(C)NC(=O)C(C)Oc1cc(C(=O)O)ccc1C. The summed E-state index contributed by atoms with van der Waals surface area (Å²) in [7, 11) is 0. The van der Waals surface area contributed by atoms with Crippen molar-refractivity contribution in [2.75, 3.05) is 0 Å². The highest BCUT2D eigenvalue weighted by molar-refractivity contribution is 5.88. The maximum atomic E-state index is 12.1. The quantitative estimate of drug-likeness (QED) is 0.845. The molecule has 1 atom stereocenters. The van der Waals surface area contributed by atoms with Gasteiger partial charge in [0, 0.05) is 5.54 Å². The number of hydrogen-bond donors (Lipinski definition) is 2. The Kier molecular flexibility index (Phi) is 5.35. The number of ether oxygens (including phenoxy) is 1. The van der Waals surface area contributed by atoms with E-state index >= 15 is 0 Å². The highest BCUT2D eigenvalue weighted by atomic mass is 16.5. The summed E-state index contributed by atoms with van der Waals surface area (Å²) in [6, 6.07) is 4.61. The van der Waals surface area contributed by atoms with Gasteiger partial charge in [0.25, 0.3) is 5.91 Å². The fourth-order valence-electron chi connectivity index (χ4n) is 1.63. The lowest BCUT2D eigenvalue weighted by atomic mass is 10.0. The number of carbonyl (C=O) groups excluding carboxylic acids is 1. The Morgan fingerprint density at radius 2 is 2.00 bits per heavy atom. The Labute approximate surface area is 125 Å². The van der Waals surface area contributed by atoms with E-state index in [-0.39, 0.29) is 17.0 Å². The summed E-state index contributed by atoms with van der Waals surface area (Å²) < 4.78 is 5.61. The molecular formula is C16H23NO4. The number of carbonyl (C=O) groups is 2. The maximum Gasteiger partial charge on any atom is 0.335 e. The van der Waals surface area contributed by atoms with Gasteiger partial charge in [-0.05, 0) is 51.8 Å². The van der Waals surface area contributed by atoms with Gasteiger partial charge in [-0.25, -0.2) is 4.79 Å². The predicted molar refractivity (Wildman–Crippen MR) is 80.7 cm³/mol. The van der Waals surface area contributed by atoms with Crippen molar-refractivity contribution in [3.05, 3.63) is 29.3 Å². The van der Waals surface area contributed by atoms with E-state index in [2.05, 4.69) is 5.32 Å². The molecule has 2 N–H and O–H groups in total. The largest absolute Gasteiger partial charge is 0.481 e. The van der Waals surface area contributed by atoms with E-state index in [1.807, 2.05) is 27.7 Å². The van der Waals surface area contributed by atoms with Crippen LogP contribution >= 0.6 is 0 Å². The fourth-order valence-corrected chi connectivity index (χ4v) is 1.63. The van der Waals surface area contributed by atoms with Crippen LogP contribution < -0.4 is 10.1 Å². The van der Waals surface area contributed by atoms with E-state index in [1.54, 1.807) is 13.0 Å². The Morgan fingerprint density at radius 1 is 1.38 bits per heavy atom. The molecule has 0 saturated heterocycles. The summed E-state index contributed by atoms with van der Waals surface area (Å²) in [6.45, 7) is 9.32. The molecule has 0 heterocycles. The molecule has 0 aromatic heterocycles. The third-order valence-corrected chi connectivity index (χ3v) is 3.45. The van der Waals surface area contributed by atoms with Crippen molar-refractivity contribution in [3.8, 4) is 5.75 Å². The molecule has 21 heavy (non-hydrogen) atoms. The Hall–Kier alpha value is -2.04. The van der Waals surface area contributed by atoms with Gasteiger partial charge in [0.15, 0.2) is 6.10 Å². The molecule has 1 rings (SSSR count). The molecule has 0 aliphatic rings. The van der Waals surface area contributed by atoms with Crippen molar-refractivity contribution in [1.82, 2.24) is 5.32 Å². The van der Waals surface area contributed by atoms with E-state index in [9.17, 15) is 9.59 Å². The van der Waals surface area contributed by atoms with Gasteiger partial charge in [-0.1, -0.05) is 13.0 Å². The van der Waals surface area contributed by atoms with Crippen molar-refractivity contribution >= 4 is 11.9 Å². The summed E-state index contributed by atoms with van der Waals surface area (Å²) in [5.41, 5.74) is 0.624. The molecule has 1 aromatic rings. The number of aryl methyl sites for hydroxylation is 1. The summed E-state index contributed by atoms with van der Waals surface area (Å²) in [6.07, 6.45) is 0.109. The number of amides is 1. The molecule has 0 bridgehead atoms. The zero-order chi connectivity index (χ0) is 16.2. The van der Waals surface area contributed by atoms with E-state index in [0.29, 0.717) is 5.75 Å². The molecule has 0 fully saturated rings. The first kappa shape index (κ1) is 17.0. The average Bonchev–Trinajstić information content (AvgIpc) is 2.40. The van der Waals surface area contributed by atoms with Gasteiger partial charge in [-0.3, -0.25) is 4.79 Å². The van der Waals surface area contributed by atoms with Crippen LogP contribution in [-0.4, -0.2) is 28.6 Å². The molecule has 1 aromatic carbocycles. The van der Waals surface area contributed by atoms with Crippen LogP contribution in [0.2, 0.25) is 0 Å². The minimum absolute atomic E-state index is 0.136. The lowest BCUT2D eigenvalue weighted by Gasteiger charge is -2.27. The minimum Gasteiger partial charge on any atom is -0.481 e. The summed E-state index contributed by atoms with van der Waals surface area (Å²) in [5.74, 6) is -0.835. The molecule has 1 unspecified atom stereocenters. The predicted octanol–water partition coefficient (Wildman–Crippen LogP) is 2.77. The number of benzene rings is 1. The van der Waals surface area contributed by atoms with Crippen molar-refractivity contribution in [3.63, 3.8) is 0 Å². The molecule has 0 aliphatic heterocycles. The Morgan fingerprint density at radius 3 is 2.52 bits per heavy atom. The standard InChI is InChI=1S/C16H23NO4/c1-6-16(4,5)17-14(18)11(3)21-13-9-12(15(19)20)8-7-10(13)2/h7-9,11H,6H2,1-5H3,(H,17,18)(H,19,20). The Balaban J connectivity index is 2.83.